The molecule has 1 aromatic carbocycles. The number of rotatable bonds is 1. The van der Waals surface area contributed by atoms with Crippen LogP contribution in [0.3, 0.4) is 0 Å². The fourth-order valence-corrected chi connectivity index (χ4v) is 0.668. The Morgan fingerprint density at radius 3 is 2.44 bits per heavy atom. The van der Waals surface area contributed by atoms with Crippen LogP contribution >= 0.6 is 0 Å². The molecular weight excluding hydrogens is 116 g/mol. The standard InChI is InChI=1S/C6H5N2O/c1-2-4-6(5-3-1)8-7-9-8/h1-5H. The van der Waals surface area contributed by atoms with Crippen molar-refractivity contribution in [2.75, 3.05) is 0 Å². The molecule has 0 N–H and O–H groups in total. The van der Waals surface area contributed by atoms with Crippen LogP contribution in [-0.4, -0.2) is 0 Å². The second kappa shape index (κ2) is 1.80. The maximum Gasteiger partial charge on any atom is 0.208 e. The van der Waals surface area contributed by atoms with E-state index in [4.69, 9.17) is 0 Å². The Morgan fingerprint density at radius 1 is 1.22 bits per heavy atom. The minimum Gasteiger partial charge on any atom is -0.186 e. The van der Waals surface area contributed by atoms with E-state index in [9.17, 15) is 0 Å². The monoisotopic (exact) mass is 121 g/mol. The summed E-state index contributed by atoms with van der Waals surface area (Å²) in [6.07, 6.45) is 0. The molecule has 1 aliphatic rings. The summed E-state index contributed by atoms with van der Waals surface area (Å²) in [5.74, 6) is 0. The lowest BCUT2D eigenvalue weighted by molar-refractivity contribution is 0.359. The summed E-state index contributed by atoms with van der Waals surface area (Å²) in [6.45, 7) is 0. The third-order valence-corrected chi connectivity index (χ3v) is 1.14. The smallest absolute Gasteiger partial charge is 0.186 e. The minimum absolute atomic E-state index is 0.970. The highest BCUT2D eigenvalue weighted by Crippen LogP contribution is 2.27. The first kappa shape index (κ1) is 4.93. The first-order valence-corrected chi connectivity index (χ1v) is 2.70. The van der Waals surface area contributed by atoms with Crippen LogP contribution in [0.15, 0.2) is 30.3 Å². The molecule has 1 atom stereocenters. The Balaban J connectivity index is 2.29. The average Bonchev–Trinajstić information content (AvgIpc) is 2.71. The summed E-state index contributed by atoms with van der Waals surface area (Å²) >= 11 is 0. The van der Waals surface area contributed by atoms with Gasteiger partial charge >= 0.3 is 0 Å². The zero-order chi connectivity index (χ0) is 6.10. The molecule has 1 heterocycles. The summed E-state index contributed by atoms with van der Waals surface area (Å²) in [6, 6.07) is 9.68. The van der Waals surface area contributed by atoms with Crippen molar-refractivity contribution in [3.05, 3.63) is 35.9 Å². The number of para-hydroxylation sites is 1. The van der Waals surface area contributed by atoms with Crippen LogP contribution in [-0.2, 0) is 4.94 Å². The molecule has 0 amide bonds. The summed E-state index contributed by atoms with van der Waals surface area (Å²) < 4.78 is 0. The Hall–Kier alpha value is -0.900. The van der Waals surface area contributed by atoms with Gasteiger partial charge in [-0.25, -0.2) is 0 Å². The van der Waals surface area contributed by atoms with Crippen molar-refractivity contribution in [2.24, 2.45) is 0 Å². The van der Waals surface area contributed by atoms with E-state index < -0.39 is 0 Å². The van der Waals surface area contributed by atoms with Crippen LogP contribution in [0.25, 0.3) is 5.59 Å². The normalized spacial score (nSPS) is 23.8. The van der Waals surface area contributed by atoms with E-state index >= 15 is 0 Å². The number of anilines is 1. The van der Waals surface area contributed by atoms with Crippen molar-refractivity contribution >= 4 is 5.69 Å². The molecule has 45 valence electrons. The Morgan fingerprint density at radius 2 is 1.89 bits per heavy atom. The molecule has 2 rings (SSSR count). The second-order valence-corrected chi connectivity index (χ2v) is 1.77. The predicted octanol–water partition coefficient (Wildman–Crippen LogP) is 1.61. The Kier molecular flexibility index (Phi) is 0.989. The van der Waals surface area contributed by atoms with Crippen molar-refractivity contribution in [2.45, 2.75) is 0 Å². The van der Waals surface area contributed by atoms with Gasteiger partial charge in [-0.3, -0.25) is 0 Å². The number of nitrogens with zero attached hydrogens (tertiary/aromatic N) is 2. The fraction of sp³-hybridized carbons (Fsp3) is 0. The van der Waals surface area contributed by atoms with Gasteiger partial charge < -0.3 is 0 Å². The summed E-state index contributed by atoms with van der Waals surface area (Å²) in [5.41, 5.74) is 4.48. The van der Waals surface area contributed by atoms with E-state index in [1.165, 1.54) is 5.17 Å². The first-order chi connectivity index (χ1) is 4.47. The SMILES string of the molecule is c1ccc([N+]2[N-]O2)cc1. The quantitative estimate of drug-likeness (QED) is 0.410. The molecule has 0 spiro atoms. The van der Waals surface area contributed by atoms with Crippen molar-refractivity contribution in [1.82, 2.24) is 5.17 Å². The molecule has 3 heteroatoms. The molecule has 1 radical (unpaired) electrons. The molecule has 0 aromatic heterocycles. The van der Waals surface area contributed by atoms with Gasteiger partial charge in [0.05, 0.1) is 0 Å². The molecular formula is C6H5N2O. The number of hydrogen-bond donors (Lipinski definition) is 0. The van der Waals surface area contributed by atoms with E-state index in [0.29, 0.717) is 0 Å². The molecule has 0 aliphatic carbocycles. The van der Waals surface area contributed by atoms with E-state index in [-0.39, 0.29) is 0 Å². The van der Waals surface area contributed by atoms with Crippen LogP contribution in [0.5, 0.6) is 0 Å². The molecule has 3 nitrogen and oxygen atoms in total. The van der Waals surface area contributed by atoms with Gasteiger partial charge in [0.15, 0.2) is 0 Å². The van der Waals surface area contributed by atoms with Crippen molar-refractivity contribution in [3.63, 3.8) is 0 Å². The lowest BCUT2D eigenvalue weighted by atomic mass is 10.3. The molecule has 1 aromatic rings. The van der Waals surface area contributed by atoms with Crippen molar-refractivity contribution in [3.8, 4) is 0 Å². The van der Waals surface area contributed by atoms with E-state index in [1.807, 2.05) is 30.3 Å². The highest BCUT2D eigenvalue weighted by molar-refractivity contribution is 5.39. The highest BCUT2D eigenvalue weighted by Gasteiger charge is 2.21. The lowest BCUT2D eigenvalue weighted by Crippen LogP contribution is -1.86. The minimum atomic E-state index is 0.970. The largest absolute Gasteiger partial charge is 0.208 e. The lowest BCUT2D eigenvalue weighted by Gasteiger charge is -1.84. The van der Waals surface area contributed by atoms with Crippen LogP contribution in [0.2, 0.25) is 0 Å². The predicted molar refractivity (Wildman–Crippen MR) is 32.7 cm³/mol. The van der Waals surface area contributed by atoms with Gasteiger partial charge in [-0.15, -0.1) is 0 Å². The van der Waals surface area contributed by atoms with Crippen LogP contribution in [0, 0.1) is 0 Å². The van der Waals surface area contributed by atoms with Crippen LogP contribution in [0.1, 0.15) is 0 Å². The second-order valence-electron chi connectivity index (χ2n) is 1.77. The molecule has 1 aliphatic heterocycles. The van der Waals surface area contributed by atoms with Gasteiger partial charge in [0, 0.05) is 12.1 Å². The molecule has 9 heavy (non-hydrogen) atoms. The number of hydrogen-bond acceptors (Lipinski definition) is 2. The fourth-order valence-electron chi connectivity index (χ4n) is 0.668. The molecule has 0 bridgehead atoms. The van der Waals surface area contributed by atoms with E-state index in [2.05, 4.69) is 10.5 Å². The van der Waals surface area contributed by atoms with Crippen LogP contribution in [0.4, 0.5) is 5.69 Å². The molecule has 1 saturated heterocycles. The summed E-state index contributed by atoms with van der Waals surface area (Å²) in [5, 5.41) is 1.46. The third-order valence-electron chi connectivity index (χ3n) is 1.14. The number of benzene rings is 1. The summed E-state index contributed by atoms with van der Waals surface area (Å²) in [7, 11) is 0. The molecule has 1 fully saturated rings. The molecule has 1 unspecified atom stereocenters. The molecule has 0 saturated carbocycles. The maximum atomic E-state index is 4.55. The first-order valence-electron chi connectivity index (χ1n) is 2.70. The van der Waals surface area contributed by atoms with Crippen LogP contribution < -0.4 is 5.17 Å². The average molecular weight is 121 g/mol. The zero-order valence-corrected chi connectivity index (χ0v) is 4.69. The van der Waals surface area contributed by atoms with Gasteiger partial charge in [-0.1, -0.05) is 18.2 Å². The highest BCUT2D eigenvalue weighted by atomic mass is 17.0. The van der Waals surface area contributed by atoms with Crippen molar-refractivity contribution < 1.29 is 4.94 Å². The topological polar surface area (TPSA) is 32.5 Å². The summed E-state index contributed by atoms with van der Waals surface area (Å²) in [4.78, 5) is 4.55. The van der Waals surface area contributed by atoms with Crippen molar-refractivity contribution in [1.29, 1.82) is 0 Å². The zero-order valence-electron chi connectivity index (χ0n) is 4.69. The van der Waals surface area contributed by atoms with E-state index in [1.54, 1.807) is 0 Å². The van der Waals surface area contributed by atoms with Gasteiger partial charge in [-0.2, -0.15) is 10.5 Å². The Bertz CT molecular complexity index is 195. The van der Waals surface area contributed by atoms with Gasteiger partial charge in [0.2, 0.25) is 5.69 Å². The third kappa shape index (κ3) is 0.929. The van der Waals surface area contributed by atoms with Gasteiger partial charge in [0.1, 0.15) is 0 Å². The van der Waals surface area contributed by atoms with E-state index in [0.717, 1.165) is 5.69 Å². The Labute approximate surface area is 52.7 Å². The maximum absolute atomic E-state index is 4.55. The van der Waals surface area contributed by atoms with Gasteiger partial charge in [-0.05, 0) is 5.17 Å². The van der Waals surface area contributed by atoms with Gasteiger partial charge in [0.25, 0.3) is 0 Å².